The van der Waals surface area contributed by atoms with E-state index < -0.39 is 0 Å². The number of rotatable bonds is 4. The summed E-state index contributed by atoms with van der Waals surface area (Å²) in [5, 5.41) is 4.15. The lowest BCUT2D eigenvalue weighted by atomic mass is 10.0. The second-order valence-electron chi connectivity index (χ2n) is 4.49. The highest BCUT2D eigenvalue weighted by molar-refractivity contribution is 7.11. The average Bonchev–Trinajstić information content (AvgIpc) is 3.18. The minimum Gasteiger partial charge on any atom is -0.144 e. The molecule has 0 spiro atoms. The highest BCUT2D eigenvalue weighted by Gasteiger charge is 2.06. The van der Waals surface area contributed by atoms with Crippen LogP contribution in [0.5, 0.6) is 0 Å². The van der Waals surface area contributed by atoms with E-state index in [4.69, 9.17) is 0 Å². The van der Waals surface area contributed by atoms with Crippen molar-refractivity contribution in [3.8, 4) is 0 Å². The van der Waals surface area contributed by atoms with Crippen LogP contribution in [0.1, 0.15) is 20.9 Å². The predicted octanol–water partition coefficient (Wildman–Crippen LogP) is 5.93. The average molecular weight is 294 g/mol. The number of thiophene rings is 2. The lowest BCUT2D eigenvalue weighted by Crippen LogP contribution is -1.86. The summed E-state index contributed by atoms with van der Waals surface area (Å²) < 4.78 is 0. The van der Waals surface area contributed by atoms with Crippen molar-refractivity contribution in [3.63, 3.8) is 0 Å². The van der Waals surface area contributed by atoms with Gasteiger partial charge in [-0.05, 0) is 45.2 Å². The molecule has 0 atom stereocenters. The fourth-order valence-corrected chi connectivity index (χ4v) is 3.50. The molecule has 3 aromatic rings. The fraction of sp³-hybridized carbons (Fsp3) is 0. The summed E-state index contributed by atoms with van der Waals surface area (Å²) in [6.45, 7) is 8.36. The van der Waals surface area contributed by atoms with Crippen LogP contribution in [0.15, 0.2) is 72.4 Å². The Bertz CT molecular complexity index is 649. The molecule has 0 nitrogen and oxygen atoms in total. The van der Waals surface area contributed by atoms with Gasteiger partial charge in [0.25, 0.3) is 0 Å². The van der Waals surface area contributed by atoms with Crippen LogP contribution >= 0.6 is 22.7 Å². The molecule has 98 valence electrons. The maximum Gasteiger partial charge on any atom is 0.0342 e. The van der Waals surface area contributed by atoms with E-state index >= 15 is 0 Å². The van der Waals surface area contributed by atoms with Crippen molar-refractivity contribution >= 4 is 33.8 Å². The Morgan fingerprint density at radius 2 is 1.05 bits per heavy atom. The third-order valence-electron chi connectivity index (χ3n) is 3.22. The minimum atomic E-state index is 1.08. The van der Waals surface area contributed by atoms with E-state index in [2.05, 4.69) is 72.4 Å². The summed E-state index contributed by atoms with van der Waals surface area (Å²) in [4.78, 5) is 2.43. The number of benzene rings is 1. The van der Waals surface area contributed by atoms with E-state index in [1.54, 1.807) is 22.7 Å². The fourth-order valence-electron chi connectivity index (χ4n) is 2.06. The number of hydrogen-bond donors (Lipinski definition) is 0. The molecule has 3 rings (SSSR count). The predicted molar refractivity (Wildman–Crippen MR) is 91.4 cm³/mol. The Hall–Kier alpha value is -1.90. The molecule has 20 heavy (non-hydrogen) atoms. The van der Waals surface area contributed by atoms with Gasteiger partial charge in [0, 0.05) is 9.75 Å². The number of hydrogen-bond acceptors (Lipinski definition) is 2. The molecule has 0 aliphatic heterocycles. The summed E-state index contributed by atoms with van der Waals surface area (Å²) >= 11 is 3.44. The monoisotopic (exact) mass is 294 g/mol. The van der Waals surface area contributed by atoms with Gasteiger partial charge < -0.3 is 0 Å². The zero-order chi connectivity index (χ0) is 13.9. The van der Waals surface area contributed by atoms with Gasteiger partial charge in [0.15, 0.2) is 0 Å². The zero-order valence-corrected chi connectivity index (χ0v) is 12.6. The smallest absolute Gasteiger partial charge is 0.0342 e. The molecule has 2 heterocycles. The Morgan fingerprint density at radius 3 is 1.35 bits per heavy atom. The van der Waals surface area contributed by atoms with Crippen LogP contribution in [0.25, 0.3) is 11.1 Å². The Balaban J connectivity index is 1.85. The van der Waals surface area contributed by atoms with Gasteiger partial charge >= 0.3 is 0 Å². The lowest BCUT2D eigenvalue weighted by Gasteiger charge is -2.07. The van der Waals surface area contributed by atoms with Crippen LogP contribution in [-0.4, -0.2) is 0 Å². The molecule has 2 heteroatoms. The van der Waals surface area contributed by atoms with Crippen molar-refractivity contribution in [2.45, 2.75) is 0 Å². The molecule has 0 saturated heterocycles. The van der Waals surface area contributed by atoms with Gasteiger partial charge in [-0.15, -0.1) is 22.7 Å². The normalized spacial score (nSPS) is 10.4. The van der Waals surface area contributed by atoms with Crippen molar-refractivity contribution in [2.24, 2.45) is 0 Å². The highest BCUT2D eigenvalue weighted by atomic mass is 32.1. The zero-order valence-electron chi connectivity index (χ0n) is 11.0. The van der Waals surface area contributed by atoms with Gasteiger partial charge in [-0.2, -0.15) is 0 Å². The first-order valence-electron chi connectivity index (χ1n) is 6.32. The summed E-state index contributed by atoms with van der Waals surface area (Å²) in [5.74, 6) is 0. The van der Waals surface area contributed by atoms with Crippen LogP contribution < -0.4 is 0 Å². The van der Waals surface area contributed by atoms with Gasteiger partial charge in [-0.1, -0.05) is 49.6 Å². The standard InChI is InChI=1S/C18H14S2/c1-13(17-5-3-11-19-17)15-7-9-16(10-8-15)14(2)18-6-4-12-20-18/h3-12H,1-2H2. The molecule has 0 saturated carbocycles. The molecule has 0 N–H and O–H groups in total. The summed E-state index contributed by atoms with van der Waals surface area (Å²) in [7, 11) is 0. The van der Waals surface area contributed by atoms with Crippen molar-refractivity contribution in [2.75, 3.05) is 0 Å². The van der Waals surface area contributed by atoms with Gasteiger partial charge in [0.1, 0.15) is 0 Å². The van der Waals surface area contributed by atoms with Crippen LogP contribution in [0.3, 0.4) is 0 Å². The van der Waals surface area contributed by atoms with Crippen molar-refractivity contribution in [1.82, 2.24) is 0 Å². The second kappa shape index (κ2) is 5.61. The van der Waals surface area contributed by atoms with Crippen LogP contribution in [0.2, 0.25) is 0 Å². The second-order valence-corrected chi connectivity index (χ2v) is 6.38. The topological polar surface area (TPSA) is 0 Å². The Kier molecular flexibility index (Phi) is 3.68. The molecule has 0 bridgehead atoms. The highest BCUT2D eigenvalue weighted by Crippen LogP contribution is 2.29. The van der Waals surface area contributed by atoms with Gasteiger partial charge in [0.05, 0.1) is 0 Å². The van der Waals surface area contributed by atoms with E-state index in [1.807, 2.05) is 0 Å². The summed E-state index contributed by atoms with van der Waals surface area (Å²) in [6, 6.07) is 16.8. The lowest BCUT2D eigenvalue weighted by molar-refractivity contribution is 1.56. The summed E-state index contributed by atoms with van der Waals surface area (Å²) in [5.41, 5.74) is 4.48. The van der Waals surface area contributed by atoms with Gasteiger partial charge in [-0.25, -0.2) is 0 Å². The quantitative estimate of drug-likeness (QED) is 0.559. The van der Waals surface area contributed by atoms with Crippen molar-refractivity contribution in [1.29, 1.82) is 0 Å². The molecular weight excluding hydrogens is 280 g/mol. The van der Waals surface area contributed by atoms with Crippen molar-refractivity contribution < 1.29 is 0 Å². The van der Waals surface area contributed by atoms with Crippen LogP contribution in [0, 0.1) is 0 Å². The third-order valence-corrected chi connectivity index (χ3v) is 5.08. The molecule has 0 aliphatic carbocycles. The van der Waals surface area contributed by atoms with E-state index in [0.717, 1.165) is 22.3 Å². The van der Waals surface area contributed by atoms with Gasteiger partial charge in [-0.3, -0.25) is 0 Å². The largest absolute Gasteiger partial charge is 0.144 e. The van der Waals surface area contributed by atoms with E-state index in [0.29, 0.717) is 0 Å². The van der Waals surface area contributed by atoms with Crippen LogP contribution in [-0.2, 0) is 0 Å². The molecule has 0 radical (unpaired) electrons. The Morgan fingerprint density at radius 1 is 0.650 bits per heavy atom. The maximum absolute atomic E-state index is 4.18. The summed E-state index contributed by atoms with van der Waals surface area (Å²) in [6.07, 6.45) is 0. The van der Waals surface area contributed by atoms with E-state index in [1.165, 1.54) is 9.75 Å². The first-order chi connectivity index (χ1) is 9.75. The van der Waals surface area contributed by atoms with Gasteiger partial charge in [0.2, 0.25) is 0 Å². The van der Waals surface area contributed by atoms with Crippen molar-refractivity contribution in [3.05, 3.63) is 93.3 Å². The molecule has 0 fully saturated rings. The maximum atomic E-state index is 4.18. The molecule has 0 aliphatic rings. The minimum absolute atomic E-state index is 1.08. The van der Waals surface area contributed by atoms with E-state index in [9.17, 15) is 0 Å². The Labute approximate surface area is 127 Å². The first kappa shape index (κ1) is 13.1. The van der Waals surface area contributed by atoms with Crippen LogP contribution in [0.4, 0.5) is 0 Å². The SMILES string of the molecule is C=C(c1ccc(C(=C)c2cccs2)cc1)c1cccs1. The molecule has 0 amide bonds. The first-order valence-corrected chi connectivity index (χ1v) is 8.08. The molecular formula is C18H14S2. The molecule has 0 unspecified atom stereocenters. The molecule has 2 aromatic heterocycles. The molecule has 1 aromatic carbocycles. The third kappa shape index (κ3) is 2.53. The van der Waals surface area contributed by atoms with E-state index in [-0.39, 0.29) is 0 Å².